The van der Waals surface area contributed by atoms with Gasteiger partial charge >= 0.3 is 12.4 Å². The van der Waals surface area contributed by atoms with E-state index in [1.165, 1.54) is 24.3 Å². The Kier molecular flexibility index (Phi) is 18.6. The molecule has 0 atom stereocenters. The minimum absolute atomic E-state index is 0.145. The van der Waals surface area contributed by atoms with Gasteiger partial charge in [0, 0.05) is 109 Å². The Morgan fingerprint density at radius 2 is 0.389 bits per heavy atom. The molecule has 0 amide bonds. The predicted octanol–water partition coefficient (Wildman–Crippen LogP) is 34.4. The molecule has 0 N–H and O–H groups in total. The van der Waals surface area contributed by atoms with Crippen molar-refractivity contribution in [3.63, 3.8) is 0 Å². The highest BCUT2D eigenvalue weighted by Gasteiger charge is 2.39. The SMILES string of the molecule is [C-]#[N+]c1cccc(C(F)(F)F)c1-c1cc(-n2c3ccccc3c3cc(-n4c5ccccc5c5ccccc54)ccc32)c(C#N)c(-n2c3ccccc3c3cc(-n4c5ccccc5c5ccccc54)ccc32)c1.[C-]#[N+]c1cccc(C(F)(F)F)c1-c1cc(-n2c3ccccc3c3ccc(-n4c5ccccc5c5ccccc54)cc32)c(C#N)c(-n2c3ccccc3c3ccc(-n4c5ccccc5c5ccccc54)cc32)c1. The fourth-order valence-electron chi connectivity index (χ4n) is 23.0. The summed E-state index contributed by atoms with van der Waals surface area (Å²) in [6, 6.07) is 142. The zero-order valence-corrected chi connectivity index (χ0v) is 76.0. The summed E-state index contributed by atoms with van der Waals surface area (Å²) in [4.78, 5) is 7.36. The maximum absolute atomic E-state index is 15.4. The Balaban J connectivity index is 0.000000143. The van der Waals surface area contributed by atoms with Gasteiger partial charge in [-0.1, -0.05) is 267 Å². The highest BCUT2D eigenvalue weighted by Crippen LogP contribution is 2.52. The largest absolute Gasteiger partial charge is 0.415 e. The molecule has 0 saturated heterocycles. The molecule has 676 valence electrons. The molecule has 144 heavy (non-hydrogen) atoms. The first-order chi connectivity index (χ1) is 70.6. The Morgan fingerprint density at radius 3 is 0.618 bits per heavy atom. The summed E-state index contributed by atoms with van der Waals surface area (Å²) in [7, 11) is 0. The number of para-hydroxylation sites is 12. The van der Waals surface area contributed by atoms with Crippen molar-refractivity contribution in [3.05, 3.63) is 470 Å². The molecule has 0 spiro atoms. The molecule has 28 rings (SSSR count). The quantitative estimate of drug-likeness (QED) is 0.101. The van der Waals surface area contributed by atoms with Crippen molar-refractivity contribution >= 4 is 186 Å². The molecule has 20 aromatic carbocycles. The van der Waals surface area contributed by atoms with Crippen molar-refractivity contribution in [2.24, 2.45) is 0 Å². The lowest BCUT2D eigenvalue weighted by molar-refractivity contribution is -0.137. The highest BCUT2D eigenvalue weighted by molar-refractivity contribution is 6.19. The van der Waals surface area contributed by atoms with Gasteiger partial charge in [0.2, 0.25) is 0 Å². The number of halogens is 6. The fraction of sp³-hybridized carbons (Fsp3) is 0.0159. The zero-order chi connectivity index (χ0) is 96.8. The smallest absolute Gasteiger partial charge is 0.309 e. The Hall–Kier alpha value is -19.7. The van der Waals surface area contributed by atoms with Gasteiger partial charge in [-0.3, -0.25) is 0 Å². The van der Waals surface area contributed by atoms with Crippen LogP contribution in [0.25, 0.3) is 252 Å². The van der Waals surface area contributed by atoms with Crippen LogP contribution in [0.5, 0.6) is 0 Å². The first-order valence-electron chi connectivity index (χ1n) is 47.0. The molecule has 0 aliphatic rings. The van der Waals surface area contributed by atoms with Crippen molar-refractivity contribution in [2.45, 2.75) is 12.4 Å². The summed E-state index contributed by atoms with van der Waals surface area (Å²) in [6.07, 6.45) is -9.60. The molecule has 0 fully saturated rings. The van der Waals surface area contributed by atoms with E-state index in [0.29, 0.717) is 22.7 Å². The number of hydrogen-bond acceptors (Lipinski definition) is 2. The molecular formula is C126H70F6N12. The standard InChI is InChI=1S/2C63H35F3N6/c1-68-51-22-14-21-50(63(64,65)66)62(51)38-33-60(71-56-27-12-6-19-45(56)47-35-39(29-31-58(47)71)69-52-23-8-2-15-41(52)42-16-3-9-24-53(42)69)49(37-67)61(34-38)72-57-28-13-7-20-46(57)48-36-40(30-32-59(48)72)70-54-25-10-4-17-43(54)44-18-5-11-26-55(44)70;1-68-51-22-14-21-50(63(64,65)66)62(51)38-33-58(71-56-27-12-6-19-45(56)47-31-29-39(35-60(47)71)69-52-23-8-2-15-41(52)42-16-3-9-24-53(42)69)49(37-67)59(34-38)72-57-28-13-7-20-46(57)48-32-30-40(36-61(48)72)70-54-25-10-4-17-43(54)44-18-5-11-26-55(44)70/h2*2-36H. The van der Waals surface area contributed by atoms with E-state index in [1.54, 1.807) is 24.3 Å². The number of benzene rings is 20. The maximum atomic E-state index is 15.4. The Labute approximate surface area is 815 Å². The predicted molar refractivity (Wildman–Crippen MR) is 570 cm³/mol. The summed E-state index contributed by atoms with van der Waals surface area (Å²) in [5, 5.41) is 39.6. The monoisotopic (exact) mass is 1860 g/mol. The second-order valence-electron chi connectivity index (χ2n) is 36.3. The van der Waals surface area contributed by atoms with Crippen molar-refractivity contribution in [2.75, 3.05) is 0 Å². The first kappa shape index (κ1) is 83.7. The first-order valence-corrected chi connectivity index (χ1v) is 47.0. The molecule has 8 heterocycles. The van der Waals surface area contributed by atoms with Crippen LogP contribution in [0.2, 0.25) is 0 Å². The van der Waals surface area contributed by atoms with E-state index in [1.807, 2.05) is 225 Å². The summed E-state index contributed by atoms with van der Waals surface area (Å²) in [5.74, 6) is 0. The molecule has 12 nitrogen and oxygen atoms in total. The second kappa shape index (κ2) is 32.0. The van der Waals surface area contributed by atoms with Gasteiger partial charge in [0.25, 0.3) is 0 Å². The van der Waals surface area contributed by atoms with Crippen LogP contribution in [-0.4, -0.2) is 36.5 Å². The molecule has 28 aromatic rings. The van der Waals surface area contributed by atoms with Crippen LogP contribution >= 0.6 is 0 Å². The molecule has 0 aliphatic heterocycles. The minimum Gasteiger partial charge on any atom is -0.309 e. The lowest BCUT2D eigenvalue weighted by Crippen LogP contribution is -2.09. The van der Waals surface area contributed by atoms with Gasteiger partial charge in [-0.2, -0.15) is 36.9 Å². The lowest BCUT2D eigenvalue weighted by atomic mass is 9.94. The Morgan fingerprint density at radius 1 is 0.194 bits per heavy atom. The average Bonchev–Trinajstić information content (AvgIpc) is 1.55. The van der Waals surface area contributed by atoms with Gasteiger partial charge in [-0.15, -0.1) is 0 Å². The van der Waals surface area contributed by atoms with Crippen molar-refractivity contribution < 1.29 is 26.3 Å². The number of rotatable bonds is 10. The average molecular weight is 1870 g/mol. The third kappa shape index (κ3) is 12.5. The number of nitrogens with zero attached hydrogens (tertiary/aromatic N) is 12. The zero-order valence-electron chi connectivity index (χ0n) is 76.0. The van der Waals surface area contributed by atoms with Gasteiger partial charge in [-0.05, 0) is 180 Å². The molecular weight excluding hydrogens is 1800 g/mol. The van der Waals surface area contributed by atoms with Gasteiger partial charge in [-0.25, -0.2) is 9.69 Å². The molecule has 0 saturated carbocycles. The summed E-state index contributed by atoms with van der Waals surface area (Å²) < 4.78 is 109. The van der Waals surface area contributed by atoms with Gasteiger partial charge < -0.3 is 36.5 Å². The van der Waals surface area contributed by atoms with Gasteiger partial charge in [0.15, 0.2) is 11.4 Å². The van der Waals surface area contributed by atoms with Gasteiger partial charge in [0.1, 0.15) is 23.3 Å². The van der Waals surface area contributed by atoms with E-state index < -0.39 is 23.5 Å². The molecule has 0 aliphatic carbocycles. The van der Waals surface area contributed by atoms with Crippen LogP contribution in [0.15, 0.2) is 425 Å². The number of aromatic nitrogens is 8. The normalized spacial score (nSPS) is 12.1. The topological polar surface area (TPSA) is 95.7 Å². The van der Waals surface area contributed by atoms with Crippen molar-refractivity contribution in [1.29, 1.82) is 10.5 Å². The van der Waals surface area contributed by atoms with Crippen LogP contribution in [0.1, 0.15) is 22.3 Å². The van der Waals surface area contributed by atoms with E-state index >= 15 is 26.3 Å². The number of fused-ring (bicyclic) bond motifs is 24. The third-order valence-electron chi connectivity index (χ3n) is 28.9. The number of alkyl halides is 6. The van der Waals surface area contributed by atoms with Crippen LogP contribution in [0.3, 0.4) is 0 Å². The number of nitriles is 2. The maximum Gasteiger partial charge on any atom is 0.415 e. The van der Waals surface area contributed by atoms with E-state index in [4.69, 9.17) is 13.1 Å². The lowest BCUT2D eigenvalue weighted by Gasteiger charge is -2.21. The summed E-state index contributed by atoms with van der Waals surface area (Å²) in [5.41, 5.74) is 17.5. The molecule has 0 unspecified atom stereocenters. The Bertz CT molecular complexity index is 9920. The van der Waals surface area contributed by atoms with Gasteiger partial charge in [0.05, 0.1) is 135 Å². The number of hydrogen-bond donors (Lipinski definition) is 0. The van der Waals surface area contributed by atoms with Crippen LogP contribution < -0.4 is 0 Å². The summed E-state index contributed by atoms with van der Waals surface area (Å²) in [6.45, 7) is 16.4. The van der Waals surface area contributed by atoms with E-state index in [0.717, 1.165) is 209 Å². The van der Waals surface area contributed by atoms with Crippen LogP contribution in [-0.2, 0) is 12.4 Å². The van der Waals surface area contributed by atoms with E-state index in [2.05, 4.69) is 198 Å². The minimum atomic E-state index is -4.81. The van der Waals surface area contributed by atoms with Crippen LogP contribution in [0, 0.1) is 35.8 Å². The fourth-order valence-corrected chi connectivity index (χ4v) is 23.0. The summed E-state index contributed by atoms with van der Waals surface area (Å²) >= 11 is 0. The molecule has 0 radical (unpaired) electrons. The van der Waals surface area contributed by atoms with Crippen molar-refractivity contribution in [3.8, 4) is 79.9 Å². The molecule has 0 bridgehead atoms. The van der Waals surface area contributed by atoms with Crippen molar-refractivity contribution in [1.82, 2.24) is 36.5 Å². The second-order valence-corrected chi connectivity index (χ2v) is 36.3. The molecule has 8 aromatic heterocycles. The third-order valence-corrected chi connectivity index (χ3v) is 28.9. The highest BCUT2D eigenvalue weighted by atomic mass is 19.4. The van der Waals surface area contributed by atoms with E-state index in [-0.39, 0.29) is 44.8 Å². The van der Waals surface area contributed by atoms with Crippen LogP contribution in [0.4, 0.5) is 37.7 Å². The molecule has 18 heteroatoms. The van der Waals surface area contributed by atoms with E-state index in [9.17, 15) is 10.5 Å².